The van der Waals surface area contributed by atoms with E-state index in [-0.39, 0.29) is 17.7 Å². The number of para-hydroxylation sites is 1. The Labute approximate surface area is 176 Å². The smallest absolute Gasteiger partial charge is 0.273 e. The van der Waals surface area contributed by atoms with Crippen molar-refractivity contribution in [3.63, 3.8) is 0 Å². The largest absolute Gasteiger partial charge is 0.314 e. The average molecular weight is 397 g/mol. The molecule has 0 aromatic heterocycles. The number of anilines is 1. The molecule has 1 aliphatic rings. The van der Waals surface area contributed by atoms with Crippen LogP contribution in [0.1, 0.15) is 34.3 Å². The van der Waals surface area contributed by atoms with Crippen LogP contribution >= 0.6 is 0 Å². The first-order chi connectivity index (χ1) is 14.6. The summed E-state index contributed by atoms with van der Waals surface area (Å²) < 4.78 is 0. The summed E-state index contributed by atoms with van der Waals surface area (Å²) in [5, 5.41) is 4.45. The van der Waals surface area contributed by atoms with Gasteiger partial charge in [0.05, 0.1) is 17.0 Å². The minimum Gasteiger partial charge on any atom is -0.314 e. The third-order valence-electron chi connectivity index (χ3n) is 5.13. The number of hydrazone groups is 1. The number of hydrogen-bond donors (Lipinski definition) is 1. The number of carbonyl (C=O) groups is 2. The van der Waals surface area contributed by atoms with E-state index in [0.29, 0.717) is 17.0 Å². The molecule has 2 amide bonds. The Morgan fingerprint density at radius 2 is 1.37 bits per heavy atom. The van der Waals surface area contributed by atoms with Crippen molar-refractivity contribution in [1.29, 1.82) is 0 Å². The third-order valence-corrected chi connectivity index (χ3v) is 5.13. The van der Waals surface area contributed by atoms with E-state index in [0.717, 1.165) is 24.0 Å². The number of hydrogen-bond acceptors (Lipinski definition) is 3. The van der Waals surface area contributed by atoms with Gasteiger partial charge in [0.2, 0.25) is 5.91 Å². The highest BCUT2D eigenvalue weighted by molar-refractivity contribution is 6.13. The molecule has 4 rings (SSSR count). The number of rotatable bonds is 6. The monoisotopic (exact) mass is 397 g/mol. The highest BCUT2D eigenvalue weighted by atomic mass is 16.2. The predicted molar refractivity (Wildman–Crippen MR) is 119 cm³/mol. The zero-order chi connectivity index (χ0) is 20.9. The molecule has 0 radical (unpaired) electrons. The fourth-order valence-corrected chi connectivity index (χ4v) is 3.34. The van der Waals surface area contributed by atoms with Gasteiger partial charge in [0.25, 0.3) is 5.91 Å². The molecule has 1 saturated carbocycles. The molecule has 5 nitrogen and oxygen atoms in total. The van der Waals surface area contributed by atoms with Gasteiger partial charge in [-0.15, -0.1) is 0 Å². The summed E-state index contributed by atoms with van der Waals surface area (Å²) in [5.74, 6) is -0.231. The van der Waals surface area contributed by atoms with Crippen molar-refractivity contribution in [2.45, 2.75) is 12.8 Å². The van der Waals surface area contributed by atoms with Gasteiger partial charge in [-0.1, -0.05) is 72.8 Å². The van der Waals surface area contributed by atoms with E-state index in [4.69, 9.17) is 0 Å². The van der Waals surface area contributed by atoms with Crippen molar-refractivity contribution in [1.82, 2.24) is 5.43 Å². The van der Waals surface area contributed by atoms with Crippen LogP contribution in [0.4, 0.5) is 5.69 Å². The molecular formula is C25H23N3O2. The summed E-state index contributed by atoms with van der Waals surface area (Å²) in [5.41, 5.74) is 6.16. The minimum absolute atomic E-state index is 0.0491. The molecule has 1 fully saturated rings. The molecular weight excluding hydrogens is 374 g/mol. The lowest BCUT2D eigenvalue weighted by molar-refractivity contribution is -0.119. The maximum atomic E-state index is 13.0. The van der Waals surface area contributed by atoms with Gasteiger partial charge >= 0.3 is 0 Å². The van der Waals surface area contributed by atoms with Gasteiger partial charge in [0.1, 0.15) is 0 Å². The molecule has 0 heterocycles. The van der Waals surface area contributed by atoms with Crippen LogP contribution in [0.25, 0.3) is 0 Å². The van der Waals surface area contributed by atoms with Crippen molar-refractivity contribution in [3.8, 4) is 0 Å². The Kier molecular flexibility index (Phi) is 5.70. The molecule has 150 valence electrons. The maximum Gasteiger partial charge on any atom is 0.273 e. The van der Waals surface area contributed by atoms with Gasteiger partial charge in [-0.3, -0.25) is 9.59 Å². The van der Waals surface area contributed by atoms with Crippen molar-refractivity contribution in [2.75, 3.05) is 11.9 Å². The van der Waals surface area contributed by atoms with Gasteiger partial charge in [0.15, 0.2) is 0 Å². The van der Waals surface area contributed by atoms with Gasteiger partial charge in [-0.25, -0.2) is 5.43 Å². The van der Waals surface area contributed by atoms with Crippen LogP contribution in [-0.2, 0) is 4.79 Å². The molecule has 30 heavy (non-hydrogen) atoms. The minimum atomic E-state index is -0.356. The van der Waals surface area contributed by atoms with E-state index < -0.39 is 0 Å². The van der Waals surface area contributed by atoms with Crippen LogP contribution < -0.4 is 10.3 Å². The van der Waals surface area contributed by atoms with Gasteiger partial charge in [0, 0.05) is 24.1 Å². The summed E-state index contributed by atoms with van der Waals surface area (Å²) in [7, 11) is 1.72. The summed E-state index contributed by atoms with van der Waals surface area (Å²) in [6.07, 6.45) is 1.83. The second-order valence-electron chi connectivity index (χ2n) is 7.32. The van der Waals surface area contributed by atoms with Crippen molar-refractivity contribution in [3.05, 3.63) is 102 Å². The lowest BCUT2D eigenvalue weighted by atomic mass is 10.0. The molecule has 0 bridgehead atoms. The van der Waals surface area contributed by atoms with E-state index >= 15 is 0 Å². The standard InChI is InChI=1S/C25H23N3O2/c1-28(25(30)20-16-17-20)22-15-9-8-14-21(22)24(29)27-26-23(18-10-4-2-5-11-18)19-12-6-3-7-13-19/h2-15,20H,16-17H2,1H3,(H,27,29). The van der Waals surface area contributed by atoms with Crippen LogP contribution in [0, 0.1) is 5.92 Å². The molecule has 0 unspecified atom stereocenters. The zero-order valence-electron chi connectivity index (χ0n) is 16.8. The highest BCUT2D eigenvalue weighted by Gasteiger charge is 2.33. The first-order valence-electron chi connectivity index (χ1n) is 10.0. The second-order valence-corrected chi connectivity index (χ2v) is 7.32. The summed E-state index contributed by atoms with van der Waals surface area (Å²) in [4.78, 5) is 27.0. The molecule has 0 atom stereocenters. The molecule has 0 saturated heterocycles. The quantitative estimate of drug-likeness (QED) is 0.499. The molecule has 3 aromatic carbocycles. The molecule has 0 aliphatic heterocycles. The average Bonchev–Trinajstić information content (AvgIpc) is 3.65. The predicted octanol–water partition coefficient (Wildman–Crippen LogP) is 4.24. The summed E-state index contributed by atoms with van der Waals surface area (Å²) in [6, 6.07) is 26.5. The highest BCUT2D eigenvalue weighted by Crippen LogP contribution is 2.33. The van der Waals surface area contributed by atoms with Crippen LogP contribution in [0.5, 0.6) is 0 Å². The molecule has 0 spiro atoms. The van der Waals surface area contributed by atoms with Gasteiger partial charge in [-0.05, 0) is 25.0 Å². The molecule has 3 aromatic rings. The maximum absolute atomic E-state index is 13.0. The number of carbonyl (C=O) groups excluding carboxylic acids is 2. The number of nitrogens with zero attached hydrogens (tertiary/aromatic N) is 2. The fourth-order valence-electron chi connectivity index (χ4n) is 3.34. The van der Waals surface area contributed by atoms with E-state index in [1.54, 1.807) is 30.1 Å². The van der Waals surface area contributed by atoms with Gasteiger partial charge < -0.3 is 4.90 Å². The Morgan fingerprint density at radius 3 is 1.93 bits per heavy atom. The van der Waals surface area contributed by atoms with Crippen LogP contribution in [-0.4, -0.2) is 24.6 Å². The first-order valence-corrected chi connectivity index (χ1v) is 10.0. The Morgan fingerprint density at radius 1 is 0.833 bits per heavy atom. The number of nitrogens with one attached hydrogen (secondary N) is 1. The van der Waals surface area contributed by atoms with E-state index in [1.165, 1.54) is 0 Å². The van der Waals surface area contributed by atoms with Crippen LogP contribution in [0.15, 0.2) is 90.0 Å². The van der Waals surface area contributed by atoms with Crippen LogP contribution in [0.3, 0.4) is 0 Å². The van der Waals surface area contributed by atoms with Gasteiger partial charge in [-0.2, -0.15) is 5.10 Å². The Balaban J connectivity index is 1.63. The topological polar surface area (TPSA) is 61.8 Å². The fraction of sp³-hybridized carbons (Fsp3) is 0.160. The Hall–Kier alpha value is -3.73. The van der Waals surface area contributed by atoms with E-state index in [2.05, 4.69) is 10.5 Å². The Bertz CT molecular complexity index is 1030. The summed E-state index contributed by atoms with van der Waals surface area (Å²) >= 11 is 0. The normalized spacial score (nSPS) is 12.7. The summed E-state index contributed by atoms with van der Waals surface area (Å²) in [6.45, 7) is 0. The number of amides is 2. The van der Waals surface area contributed by atoms with Crippen LogP contribution in [0.2, 0.25) is 0 Å². The number of benzene rings is 3. The molecule has 5 heteroatoms. The zero-order valence-corrected chi connectivity index (χ0v) is 16.8. The van der Waals surface area contributed by atoms with Crippen molar-refractivity contribution in [2.24, 2.45) is 11.0 Å². The molecule has 1 aliphatic carbocycles. The van der Waals surface area contributed by atoms with Crippen molar-refractivity contribution >= 4 is 23.2 Å². The third kappa shape index (κ3) is 4.30. The molecule has 1 N–H and O–H groups in total. The van der Waals surface area contributed by atoms with E-state index in [1.807, 2.05) is 66.7 Å². The SMILES string of the molecule is CN(C(=O)C1CC1)c1ccccc1C(=O)NN=C(c1ccccc1)c1ccccc1. The van der Waals surface area contributed by atoms with Crippen molar-refractivity contribution < 1.29 is 9.59 Å². The first kappa shape index (κ1) is 19.6. The second kappa shape index (κ2) is 8.74. The lowest BCUT2D eigenvalue weighted by Crippen LogP contribution is -2.30. The van der Waals surface area contributed by atoms with E-state index in [9.17, 15) is 9.59 Å². The lowest BCUT2D eigenvalue weighted by Gasteiger charge is -2.20.